The van der Waals surface area contributed by atoms with Crippen LogP contribution in [0.4, 0.5) is 14.6 Å². The highest BCUT2D eigenvalue weighted by Gasteiger charge is 2.23. The van der Waals surface area contributed by atoms with Crippen LogP contribution in [0.2, 0.25) is 0 Å². The zero-order valence-corrected chi connectivity index (χ0v) is 9.04. The van der Waals surface area contributed by atoms with E-state index in [4.69, 9.17) is 4.74 Å². The van der Waals surface area contributed by atoms with Crippen LogP contribution in [0.1, 0.15) is 13.3 Å². The molecule has 0 radical (unpaired) electrons. The predicted octanol–water partition coefficient (Wildman–Crippen LogP) is 2.20. The normalized spacial score (nSPS) is 22.1. The lowest BCUT2D eigenvalue weighted by atomic mass is 10.0. The first kappa shape index (κ1) is 11.3. The second kappa shape index (κ2) is 4.74. The van der Waals surface area contributed by atoms with Crippen LogP contribution in [0.5, 0.6) is 0 Å². The van der Waals surface area contributed by atoms with E-state index in [0.717, 1.165) is 25.3 Å². The maximum Gasteiger partial charge on any atom is 0.168 e. The molecule has 16 heavy (non-hydrogen) atoms. The minimum Gasteiger partial charge on any atom is -0.381 e. The number of aromatic nitrogens is 1. The van der Waals surface area contributed by atoms with Crippen molar-refractivity contribution in [3.8, 4) is 0 Å². The first-order valence-corrected chi connectivity index (χ1v) is 5.32. The minimum atomic E-state index is -0.667. The quantitative estimate of drug-likeness (QED) is 0.861. The fourth-order valence-electron chi connectivity index (χ4n) is 1.80. The van der Waals surface area contributed by atoms with E-state index >= 15 is 0 Å². The van der Waals surface area contributed by atoms with Crippen LogP contribution in [-0.4, -0.2) is 24.2 Å². The van der Waals surface area contributed by atoms with E-state index in [-0.39, 0.29) is 11.9 Å². The molecular weight excluding hydrogens is 214 g/mol. The first-order chi connectivity index (χ1) is 7.66. The van der Waals surface area contributed by atoms with Crippen molar-refractivity contribution in [2.24, 2.45) is 5.92 Å². The minimum absolute atomic E-state index is 0.0648. The van der Waals surface area contributed by atoms with Crippen molar-refractivity contribution in [1.29, 1.82) is 0 Å². The lowest BCUT2D eigenvalue weighted by Gasteiger charge is -2.19. The Morgan fingerprint density at radius 2 is 2.38 bits per heavy atom. The third kappa shape index (κ3) is 2.47. The van der Waals surface area contributed by atoms with Gasteiger partial charge in [0.05, 0.1) is 12.8 Å². The molecule has 88 valence electrons. The Morgan fingerprint density at radius 1 is 1.56 bits per heavy atom. The molecule has 0 saturated carbocycles. The monoisotopic (exact) mass is 228 g/mol. The lowest BCUT2D eigenvalue weighted by Crippen LogP contribution is -2.27. The van der Waals surface area contributed by atoms with Crippen LogP contribution in [0.25, 0.3) is 0 Å². The summed E-state index contributed by atoms with van der Waals surface area (Å²) in [6, 6.07) is 0.891. The van der Waals surface area contributed by atoms with E-state index in [9.17, 15) is 8.78 Å². The average Bonchev–Trinajstić information content (AvgIpc) is 2.75. The number of hydrogen-bond acceptors (Lipinski definition) is 3. The Morgan fingerprint density at radius 3 is 3.00 bits per heavy atom. The van der Waals surface area contributed by atoms with E-state index < -0.39 is 11.6 Å². The van der Waals surface area contributed by atoms with Gasteiger partial charge in [0.1, 0.15) is 5.82 Å². The van der Waals surface area contributed by atoms with E-state index in [2.05, 4.69) is 10.3 Å². The highest BCUT2D eigenvalue weighted by molar-refractivity contribution is 5.37. The molecule has 0 aliphatic carbocycles. The molecule has 1 N–H and O–H groups in total. The third-order valence-electron chi connectivity index (χ3n) is 2.84. The molecule has 1 aliphatic heterocycles. The molecule has 0 spiro atoms. The van der Waals surface area contributed by atoms with E-state index in [1.165, 1.54) is 0 Å². The maximum atomic E-state index is 13.3. The van der Waals surface area contributed by atoms with Crippen molar-refractivity contribution in [3.63, 3.8) is 0 Å². The summed E-state index contributed by atoms with van der Waals surface area (Å²) in [5, 5.41) is 2.95. The molecular formula is C11H14F2N2O. The highest BCUT2D eigenvalue weighted by Crippen LogP contribution is 2.20. The molecule has 1 aromatic rings. The molecule has 2 unspecified atom stereocenters. The number of ether oxygens (including phenoxy) is 1. The molecule has 1 fully saturated rings. The maximum absolute atomic E-state index is 13.3. The van der Waals surface area contributed by atoms with Crippen LogP contribution in [0.15, 0.2) is 12.3 Å². The molecule has 2 rings (SSSR count). The number of rotatable bonds is 3. The number of hydrogen-bond donors (Lipinski definition) is 1. The highest BCUT2D eigenvalue weighted by atomic mass is 19.1. The smallest absolute Gasteiger partial charge is 0.168 e. The van der Waals surface area contributed by atoms with E-state index in [0.29, 0.717) is 12.5 Å². The Kier molecular flexibility index (Phi) is 3.33. The number of pyridine rings is 1. The van der Waals surface area contributed by atoms with Crippen LogP contribution >= 0.6 is 0 Å². The first-order valence-electron chi connectivity index (χ1n) is 5.32. The molecule has 0 amide bonds. The summed E-state index contributed by atoms with van der Waals surface area (Å²) in [5.74, 6) is -0.877. The molecule has 1 aromatic heterocycles. The van der Waals surface area contributed by atoms with Gasteiger partial charge in [-0.15, -0.1) is 0 Å². The van der Waals surface area contributed by atoms with Gasteiger partial charge in [0.15, 0.2) is 11.6 Å². The number of nitrogens with zero attached hydrogens (tertiary/aromatic N) is 1. The van der Waals surface area contributed by atoms with Gasteiger partial charge >= 0.3 is 0 Å². The van der Waals surface area contributed by atoms with Gasteiger partial charge in [-0.05, 0) is 13.3 Å². The summed E-state index contributed by atoms with van der Waals surface area (Å²) < 4.78 is 31.2. The van der Waals surface area contributed by atoms with Crippen molar-refractivity contribution in [2.75, 3.05) is 18.5 Å². The summed E-state index contributed by atoms with van der Waals surface area (Å²) in [7, 11) is 0. The molecule has 2 heterocycles. The fourth-order valence-corrected chi connectivity index (χ4v) is 1.80. The number of anilines is 1. The molecule has 0 aromatic carbocycles. The zero-order valence-electron chi connectivity index (χ0n) is 9.04. The summed E-state index contributed by atoms with van der Waals surface area (Å²) in [5.41, 5.74) is 0. The van der Waals surface area contributed by atoms with Gasteiger partial charge in [0.2, 0.25) is 0 Å². The van der Waals surface area contributed by atoms with Crippen molar-refractivity contribution in [2.45, 2.75) is 19.4 Å². The topological polar surface area (TPSA) is 34.2 Å². The second-order valence-electron chi connectivity index (χ2n) is 4.04. The number of halogens is 2. The largest absolute Gasteiger partial charge is 0.381 e. The van der Waals surface area contributed by atoms with Gasteiger partial charge in [-0.1, -0.05) is 0 Å². The Bertz CT molecular complexity index is 367. The van der Waals surface area contributed by atoms with Crippen molar-refractivity contribution in [3.05, 3.63) is 23.9 Å². The molecule has 3 nitrogen and oxygen atoms in total. The van der Waals surface area contributed by atoms with Crippen LogP contribution in [0.3, 0.4) is 0 Å². The molecule has 1 aliphatic rings. The van der Waals surface area contributed by atoms with E-state index in [1.807, 2.05) is 6.92 Å². The van der Waals surface area contributed by atoms with Gasteiger partial charge in [0, 0.05) is 24.6 Å². The predicted molar refractivity (Wildman–Crippen MR) is 56.2 cm³/mol. The SMILES string of the molecule is CC(Nc1ncc(F)cc1F)C1CCOC1. The summed E-state index contributed by atoms with van der Waals surface area (Å²) >= 11 is 0. The molecule has 0 bridgehead atoms. The van der Waals surface area contributed by atoms with Gasteiger partial charge in [-0.2, -0.15) is 0 Å². The Hall–Kier alpha value is -1.23. The summed E-state index contributed by atoms with van der Waals surface area (Å²) in [4.78, 5) is 3.69. The van der Waals surface area contributed by atoms with Crippen molar-refractivity contribution in [1.82, 2.24) is 4.98 Å². The number of nitrogens with one attached hydrogen (secondary N) is 1. The van der Waals surface area contributed by atoms with E-state index in [1.54, 1.807) is 0 Å². The standard InChI is InChI=1S/C11H14F2N2O/c1-7(8-2-3-16-6-8)15-11-10(13)4-9(12)5-14-11/h4-5,7-8H,2-3,6H2,1H3,(H,14,15). The summed E-state index contributed by atoms with van der Waals surface area (Å²) in [6.07, 6.45) is 1.96. The van der Waals surface area contributed by atoms with Gasteiger partial charge in [0.25, 0.3) is 0 Å². The summed E-state index contributed by atoms with van der Waals surface area (Å²) in [6.45, 7) is 3.37. The molecule has 2 atom stereocenters. The molecule has 1 saturated heterocycles. The van der Waals surface area contributed by atoms with Crippen LogP contribution in [0, 0.1) is 17.6 Å². The van der Waals surface area contributed by atoms with Crippen LogP contribution in [-0.2, 0) is 4.74 Å². The van der Waals surface area contributed by atoms with Crippen molar-refractivity contribution < 1.29 is 13.5 Å². The second-order valence-corrected chi connectivity index (χ2v) is 4.04. The average molecular weight is 228 g/mol. The Labute approximate surface area is 92.8 Å². The zero-order chi connectivity index (χ0) is 11.5. The van der Waals surface area contributed by atoms with Gasteiger partial charge in [-0.3, -0.25) is 0 Å². The third-order valence-corrected chi connectivity index (χ3v) is 2.84. The fraction of sp³-hybridized carbons (Fsp3) is 0.545. The van der Waals surface area contributed by atoms with Crippen LogP contribution < -0.4 is 5.32 Å². The van der Waals surface area contributed by atoms with Gasteiger partial charge in [-0.25, -0.2) is 13.8 Å². The molecule has 5 heteroatoms. The van der Waals surface area contributed by atoms with Crippen molar-refractivity contribution >= 4 is 5.82 Å². The van der Waals surface area contributed by atoms with Gasteiger partial charge < -0.3 is 10.1 Å². The lowest BCUT2D eigenvalue weighted by molar-refractivity contribution is 0.183. The Balaban J connectivity index is 2.02.